The first-order valence-corrected chi connectivity index (χ1v) is 6.70. The second-order valence-corrected chi connectivity index (χ2v) is 4.56. The van der Waals surface area contributed by atoms with E-state index >= 15 is 0 Å². The van der Waals surface area contributed by atoms with Crippen molar-refractivity contribution in [2.24, 2.45) is 10.8 Å². The monoisotopic (exact) mass is 326 g/mol. The fourth-order valence-electron chi connectivity index (χ4n) is 1.98. The molecule has 1 heterocycles. The first-order valence-electron chi connectivity index (χ1n) is 6.70. The number of nitrogens with one attached hydrogen (secondary N) is 2. The minimum atomic E-state index is -1.28. The van der Waals surface area contributed by atoms with Crippen LogP contribution in [-0.4, -0.2) is 56.2 Å². The number of hydrogen-bond donors (Lipinski definition) is 3. The van der Waals surface area contributed by atoms with Crippen LogP contribution in [0.3, 0.4) is 0 Å². The van der Waals surface area contributed by atoms with Crippen molar-refractivity contribution < 1.29 is 23.9 Å². The Morgan fingerprint density at radius 1 is 1.52 bits per heavy atom. The molecular weight excluding hydrogens is 308 g/mol. The summed E-state index contributed by atoms with van der Waals surface area (Å²) in [5, 5.41) is 8.47. The van der Waals surface area contributed by atoms with Gasteiger partial charge < -0.3 is 25.8 Å². The normalized spacial score (nSPS) is 22.7. The molecule has 1 aliphatic rings. The number of esters is 1. The van der Waals surface area contributed by atoms with Gasteiger partial charge in [-0.1, -0.05) is 5.11 Å². The predicted octanol–water partition coefficient (Wildman–Crippen LogP) is -1.30. The van der Waals surface area contributed by atoms with Crippen molar-refractivity contribution in [1.82, 2.24) is 10.6 Å². The van der Waals surface area contributed by atoms with Crippen LogP contribution in [0, 0.1) is 0 Å². The maximum absolute atomic E-state index is 12.2. The summed E-state index contributed by atoms with van der Waals surface area (Å²) in [6.45, 7) is 1.61. The molecule has 0 saturated carbocycles. The Bertz CT molecular complexity index is 556. The molecule has 0 spiro atoms. The summed E-state index contributed by atoms with van der Waals surface area (Å²) in [4.78, 5) is 37.8. The van der Waals surface area contributed by atoms with Crippen LogP contribution in [0.2, 0.25) is 0 Å². The van der Waals surface area contributed by atoms with Gasteiger partial charge in [-0.2, -0.15) is 0 Å². The second-order valence-electron chi connectivity index (χ2n) is 4.56. The van der Waals surface area contributed by atoms with Crippen LogP contribution < -0.4 is 16.4 Å². The molecule has 0 saturated heterocycles. The van der Waals surface area contributed by atoms with Crippen LogP contribution in [0.1, 0.15) is 6.92 Å². The molecule has 126 valence electrons. The van der Waals surface area contributed by atoms with Gasteiger partial charge in [-0.05, 0) is 11.6 Å². The number of nitrogens with two attached hydrogens (primary N) is 1. The van der Waals surface area contributed by atoms with Crippen LogP contribution in [0.25, 0.3) is 10.4 Å². The number of amides is 2. The molecular formula is C12H18N6O5. The van der Waals surface area contributed by atoms with Crippen molar-refractivity contribution in [3.05, 3.63) is 22.3 Å². The largest absolute Gasteiger partial charge is 0.471 e. The van der Waals surface area contributed by atoms with Gasteiger partial charge in [-0.15, -0.1) is 0 Å². The number of rotatable bonds is 6. The highest BCUT2D eigenvalue weighted by atomic mass is 16.6. The number of methoxy groups -OCH3 is 1. The Balaban J connectivity index is 3.18. The molecule has 3 atom stereocenters. The van der Waals surface area contributed by atoms with E-state index in [1.165, 1.54) is 13.0 Å². The molecule has 11 nitrogen and oxygen atoms in total. The smallest absolute Gasteiger partial charge is 0.373 e. The van der Waals surface area contributed by atoms with Gasteiger partial charge >= 0.3 is 5.97 Å². The van der Waals surface area contributed by atoms with E-state index in [0.717, 1.165) is 7.11 Å². The Morgan fingerprint density at radius 2 is 2.22 bits per heavy atom. The van der Waals surface area contributed by atoms with Crippen molar-refractivity contribution in [2.45, 2.75) is 25.1 Å². The summed E-state index contributed by atoms with van der Waals surface area (Å²) in [6.07, 6.45) is -0.0844. The molecule has 2 amide bonds. The molecule has 0 aliphatic carbocycles. The van der Waals surface area contributed by atoms with E-state index in [-0.39, 0.29) is 18.8 Å². The van der Waals surface area contributed by atoms with Crippen LogP contribution in [0.5, 0.6) is 0 Å². The lowest BCUT2D eigenvalue weighted by molar-refractivity contribution is -0.145. The summed E-state index contributed by atoms with van der Waals surface area (Å²) in [5.74, 6) is -2.18. The third kappa shape index (κ3) is 4.87. The van der Waals surface area contributed by atoms with Crippen molar-refractivity contribution in [3.63, 3.8) is 0 Å². The first kappa shape index (κ1) is 18.3. The fourth-order valence-corrected chi connectivity index (χ4v) is 1.98. The highest BCUT2D eigenvalue weighted by Gasteiger charge is 2.41. The molecule has 0 aromatic rings. The van der Waals surface area contributed by atoms with Gasteiger partial charge in [-0.3, -0.25) is 9.59 Å². The van der Waals surface area contributed by atoms with Crippen LogP contribution in [0.4, 0.5) is 0 Å². The summed E-state index contributed by atoms with van der Waals surface area (Å²) in [5.41, 5.74) is 14.0. The minimum Gasteiger partial charge on any atom is -0.471 e. The lowest BCUT2D eigenvalue weighted by Gasteiger charge is -2.34. The number of carbonyl (C=O) groups is 3. The lowest BCUT2D eigenvalue weighted by Crippen LogP contribution is -2.58. The quantitative estimate of drug-likeness (QED) is 0.237. The number of hydrogen-bond acceptors (Lipinski definition) is 7. The van der Waals surface area contributed by atoms with Gasteiger partial charge in [0.15, 0.2) is 6.10 Å². The van der Waals surface area contributed by atoms with E-state index in [1.807, 2.05) is 0 Å². The van der Waals surface area contributed by atoms with Gasteiger partial charge in [-0.25, -0.2) is 4.79 Å². The van der Waals surface area contributed by atoms with Crippen LogP contribution >= 0.6 is 0 Å². The zero-order chi connectivity index (χ0) is 17.4. The van der Waals surface area contributed by atoms with E-state index in [4.69, 9.17) is 16.0 Å². The zero-order valence-electron chi connectivity index (χ0n) is 12.7. The van der Waals surface area contributed by atoms with Gasteiger partial charge in [0.25, 0.3) is 5.91 Å². The SMILES string of the molecule is COC(=O)C1=C[C@H](N=[N+]=[N-])[C@@H](NC(C)=O)[C@H](C(=O)NCCN)O1. The Morgan fingerprint density at radius 3 is 2.74 bits per heavy atom. The third-order valence-corrected chi connectivity index (χ3v) is 2.91. The molecule has 0 fully saturated rings. The van der Waals surface area contributed by atoms with E-state index in [9.17, 15) is 14.4 Å². The zero-order valence-corrected chi connectivity index (χ0v) is 12.7. The van der Waals surface area contributed by atoms with Crippen molar-refractivity contribution >= 4 is 17.8 Å². The molecule has 1 rings (SSSR count). The number of carbonyl (C=O) groups excluding carboxylic acids is 3. The highest BCUT2D eigenvalue weighted by molar-refractivity contribution is 5.89. The molecule has 0 bridgehead atoms. The molecule has 0 aromatic carbocycles. The van der Waals surface area contributed by atoms with Crippen molar-refractivity contribution in [3.8, 4) is 0 Å². The Hall–Kier alpha value is -2.78. The summed E-state index contributed by atoms with van der Waals surface area (Å²) >= 11 is 0. The first-order chi connectivity index (χ1) is 10.9. The van der Waals surface area contributed by atoms with Gasteiger partial charge in [0.05, 0.1) is 19.2 Å². The molecule has 0 unspecified atom stereocenters. The summed E-state index contributed by atoms with van der Waals surface area (Å²) < 4.78 is 9.86. The second kappa shape index (κ2) is 8.61. The lowest BCUT2D eigenvalue weighted by atomic mass is 9.98. The maximum Gasteiger partial charge on any atom is 0.373 e. The summed E-state index contributed by atoms with van der Waals surface area (Å²) in [6, 6.07) is -1.98. The van der Waals surface area contributed by atoms with Crippen LogP contribution in [-0.2, 0) is 23.9 Å². The summed E-state index contributed by atoms with van der Waals surface area (Å²) in [7, 11) is 1.14. The predicted molar refractivity (Wildman–Crippen MR) is 77.6 cm³/mol. The third-order valence-electron chi connectivity index (χ3n) is 2.91. The minimum absolute atomic E-state index is 0.176. The molecule has 23 heavy (non-hydrogen) atoms. The van der Waals surface area contributed by atoms with Gasteiger partial charge in [0.1, 0.15) is 0 Å². The topological polar surface area (TPSA) is 169 Å². The Kier molecular flexibility index (Phi) is 6.84. The van der Waals surface area contributed by atoms with Gasteiger partial charge in [0, 0.05) is 24.9 Å². The maximum atomic E-state index is 12.2. The van der Waals surface area contributed by atoms with E-state index in [2.05, 4.69) is 25.4 Å². The standard InChI is InChI=1S/C12H18N6O5/c1-6(19)16-9-7(17-18-14)5-8(12(21)22-2)23-10(9)11(20)15-4-3-13/h5,7,9-10H,3-4,13H2,1-2H3,(H,15,20)(H,16,19)/t7-,9+,10+/m0/s1. The molecule has 11 heteroatoms. The fraction of sp³-hybridized carbons (Fsp3) is 0.583. The van der Waals surface area contributed by atoms with E-state index in [0.29, 0.717) is 0 Å². The molecule has 0 aromatic heterocycles. The van der Waals surface area contributed by atoms with E-state index in [1.54, 1.807) is 0 Å². The highest BCUT2D eigenvalue weighted by Crippen LogP contribution is 2.22. The van der Waals surface area contributed by atoms with Gasteiger partial charge in [0.2, 0.25) is 11.7 Å². The number of azide groups is 1. The number of ether oxygens (including phenoxy) is 2. The van der Waals surface area contributed by atoms with Crippen molar-refractivity contribution in [2.75, 3.05) is 20.2 Å². The van der Waals surface area contributed by atoms with Crippen LogP contribution in [0.15, 0.2) is 16.9 Å². The molecule has 0 radical (unpaired) electrons. The number of nitrogens with zero attached hydrogens (tertiary/aromatic N) is 3. The van der Waals surface area contributed by atoms with E-state index < -0.39 is 36.0 Å². The van der Waals surface area contributed by atoms with Crippen molar-refractivity contribution in [1.29, 1.82) is 0 Å². The molecule has 1 aliphatic heterocycles. The average molecular weight is 326 g/mol. The average Bonchev–Trinajstić information content (AvgIpc) is 2.52. The molecule has 4 N–H and O–H groups in total. The Labute approximate surface area is 131 Å².